The molecule has 0 unspecified atom stereocenters. The third kappa shape index (κ3) is 5.32. The Balaban J connectivity index is 0.000000555. The maximum atomic E-state index is 15.1. The Bertz CT molecular complexity index is 1280. The highest BCUT2D eigenvalue weighted by Gasteiger charge is 2.23. The number of aromatic amines is 1. The van der Waals surface area contributed by atoms with Gasteiger partial charge in [0.05, 0.1) is 28.2 Å². The first-order chi connectivity index (χ1) is 15.8. The van der Waals surface area contributed by atoms with Crippen molar-refractivity contribution in [1.82, 2.24) is 9.88 Å². The van der Waals surface area contributed by atoms with Gasteiger partial charge < -0.3 is 14.8 Å². The Hall–Kier alpha value is -3.44. The predicted octanol–water partition coefficient (Wildman–Crippen LogP) is 4.69. The van der Waals surface area contributed by atoms with Crippen molar-refractivity contribution in [3.05, 3.63) is 62.8 Å². The number of hydrogen-bond acceptors (Lipinski definition) is 4. The average molecular weight is 473 g/mol. The molecule has 1 amide bonds. The van der Waals surface area contributed by atoms with Crippen LogP contribution in [0.4, 0.5) is 14.5 Å². The van der Waals surface area contributed by atoms with Gasteiger partial charge in [-0.05, 0) is 37.5 Å². The van der Waals surface area contributed by atoms with Crippen LogP contribution in [0.3, 0.4) is 0 Å². The van der Waals surface area contributed by atoms with Crippen LogP contribution in [0.1, 0.15) is 24.8 Å². The average Bonchev–Trinajstić information content (AvgIpc) is 2.80. The number of H-pyrrole nitrogens is 1. The molecule has 1 aromatic heterocycles. The van der Waals surface area contributed by atoms with Gasteiger partial charge in [0.25, 0.3) is 0 Å². The summed E-state index contributed by atoms with van der Waals surface area (Å²) in [6, 6.07) is 8.99. The lowest BCUT2D eigenvalue weighted by Crippen LogP contribution is -2.31. The quantitative estimate of drug-likeness (QED) is 0.561. The van der Waals surface area contributed by atoms with Gasteiger partial charge in [-0.25, -0.2) is 8.78 Å². The number of aromatic nitrogens is 1. The van der Waals surface area contributed by atoms with Crippen LogP contribution in [-0.4, -0.2) is 43.5 Å². The van der Waals surface area contributed by atoms with Crippen molar-refractivity contribution in [3.8, 4) is 17.3 Å². The van der Waals surface area contributed by atoms with Crippen LogP contribution in [0.2, 0.25) is 5.02 Å². The molecule has 0 bridgehead atoms. The molecule has 1 aliphatic rings. The molecule has 0 radical (unpaired) electrons. The first-order valence-electron chi connectivity index (χ1n) is 10.4. The third-order valence-electron chi connectivity index (χ3n) is 5.25. The second-order valence-corrected chi connectivity index (χ2v) is 8.32. The van der Waals surface area contributed by atoms with E-state index in [4.69, 9.17) is 16.9 Å². The van der Waals surface area contributed by atoms with Gasteiger partial charge in [0.2, 0.25) is 6.41 Å². The number of rotatable bonds is 3. The molecule has 4 rings (SSSR count). The van der Waals surface area contributed by atoms with E-state index in [1.165, 1.54) is 17.0 Å². The number of hydrogen-bond donors (Lipinski definition) is 1. The van der Waals surface area contributed by atoms with Crippen LogP contribution in [-0.2, 0) is 4.79 Å². The van der Waals surface area contributed by atoms with E-state index in [-0.39, 0.29) is 16.6 Å². The molecule has 1 saturated heterocycles. The minimum absolute atomic E-state index is 0.0525. The second-order valence-electron chi connectivity index (χ2n) is 7.91. The highest BCUT2D eigenvalue weighted by Crippen LogP contribution is 2.33. The van der Waals surface area contributed by atoms with Gasteiger partial charge >= 0.3 is 0 Å². The van der Waals surface area contributed by atoms with E-state index >= 15 is 4.39 Å². The number of halogens is 3. The molecule has 172 valence electrons. The molecule has 0 spiro atoms. The molecular formula is C24H23ClF2N4O2. The van der Waals surface area contributed by atoms with E-state index in [0.717, 1.165) is 31.7 Å². The summed E-state index contributed by atoms with van der Waals surface area (Å²) < 4.78 is 29.9. The number of benzene rings is 2. The number of fused-ring (bicyclic) bond motifs is 1. The minimum Gasteiger partial charge on any atom is -0.367 e. The largest absolute Gasteiger partial charge is 0.367 e. The summed E-state index contributed by atoms with van der Waals surface area (Å²) in [4.78, 5) is 28.1. The number of pyridine rings is 1. The Morgan fingerprint density at radius 3 is 2.42 bits per heavy atom. The smallest absolute Gasteiger partial charge is 0.209 e. The van der Waals surface area contributed by atoms with Crippen LogP contribution >= 0.6 is 11.6 Å². The van der Waals surface area contributed by atoms with Crippen LogP contribution < -0.4 is 10.3 Å². The molecular weight excluding hydrogens is 450 g/mol. The molecule has 1 aliphatic heterocycles. The maximum Gasteiger partial charge on any atom is 0.209 e. The summed E-state index contributed by atoms with van der Waals surface area (Å²) in [7, 11) is 3.38. The number of nitrogens with zero attached hydrogens (tertiary/aromatic N) is 3. The molecule has 33 heavy (non-hydrogen) atoms. The summed E-state index contributed by atoms with van der Waals surface area (Å²) in [6.45, 7) is 1.12. The van der Waals surface area contributed by atoms with Crippen LogP contribution in [0, 0.1) is 23.0 Å². The van der Waals surface area contributed by atoms with E-state index in [9.17, 15) is 14.0 Å². The van der Waals surface area contributed by atoms with E-state index < -0.39 is 17.1 Å². The standard InChI is InChI=1S/C21H16ClF2N3O.C3H7NO/c22-14-5-4-12(11-25)8-13(14)16-10-18(28)19-17(26-16)9-15(23)21(20(19)24)27-6-2-1-3-7-27;1-4(2)3-5/h4-5,8-10H,1-3,6-7H2,(H,26,28);3H,1-2H3. The molecule has 0 aliphatic carbocycles. The van der Waals surface area contributed by atoms with Gasteiger partial charge in [0, 0.05) is 49.9 Å². The van der Waals surface area contributed by atoms with Crippen molar-refractivity contribution < 1.29 is 13.6 Å². The zero-order valence-corrected chi connectivity index (χ0v) is 19.0. The minimum atomic E-state index is -0.846. The Morgan fingerprint density at radius 2 is 1.82 bits per heavy atom. The van der Waals surface area contributed by atoms with Gasteiger partial charge in [-0.3, -0.25) is 9.59 Å². The lowest BCUT2D eigenvalue weighted by Gasteiger charge is -2.29. The lowest BCUT2D eigenvalue weighted by molar-refractivity contribution is -0.115. The monoisotopic (exact) mass is 472 g/mol. The lowest BCUT2D eigenvalue weighted by atomic mass is 10.0. The predicted molar refractivity (Wildman–Crippen MR) is 125 cm³/mol. The summed E-state index contributed by atoms with van der Waals surface area (Å²) in [5.74, 6) is -1.56. The topological polar surface area (TPSA) is 80.2 Å². The summed E-state index contributed by atoms with van der Waals surface area (Å²) >= 11 is 6.19. The van der Waals surface area contributed by atoms with Crippen LogP contribution in [0.5, 0.6) is 0 Å². The normalized spacial score (nSPS) is 13.2. The first kappa shape index (κ1) is 24.2. The highest BCUT2D eigenvalue weighted by molar-refractivity contribution is 6.33. The number of piperidine rings is 1. The zero-order chi connectivity index (χ0) is 24.1. The SMILES string of the molecule is CN(C)C=O.N#Cc1ccc(Cl)c(-c2cc(=O)c3c(F)c(N4CCCCC4)c(F)cc3[nH]2)c1. The van der Waals surface area contributed by atoms with Gasteiger partial charge in [-0.1, -0.05) is 11.6 Å². The maximum absolute atomic E-state index is 15.1. The van der Waals surface area contributed by atoms with Crippen molar-refractivity contribution in [2.45, 2.75) is 19.3 Å². The Morgan fingerprint density at radius 1 is 1.15 bits per heavy atom. The van der Waals surface area contributed by atoms with Crippen molar-refractivity contribution in [1.29, 1.82) is 5.26 Å². The fourth-order valence-electron chi connectivity index (χ4n) is 3.69. The van der Waals surface area contributed by atoms with Crippen LogP contribution in [0.25, 0.3) is 22.2 Å². The van der Waals surface area contributed by atoms with Gasteiger partial charge in [0.1, 0.15) is 5.69 Å². The van der Waals surface area contributed by atoms with Crippen molar-refractivity contribution in [2.24, 2.45) is 0 Å². The van der Waals surface area contributed by atoms with Crippen LogP contribution in [0.15, 0.2) is 35.1 Å². The molecule has 3 aromatic rings. The van der Waals surface area contributed by atoms with E-state index in [1.807, 2.05) is 6.07 Å². The zero-order valence-electron chi connectivity index (χ0n) is 18.3. The summed E-state index contributed by atoms with van der Waals surface area (Å²) in [6.07, 6.45) is 3.50. The Labute approximate surface area is 195 Å². The van der Waals surface area contributed by atoms with E-state index in [1.54, 1.807) is 31.1 Å². The molecule has 6 nitrogen and oxygen atoms in total. The van der Waals surface area contributed by atoms with Crippen molar-refractivity contribution in [3.63, 3.8) is 0 Å². The fourth-order valence-corrected chi connectivity index (χ4v) is 3.91. The molecule has 9 heteroatoms. The van der Waals surface area contributed by atoms with Gasteiger partial charge in [0.15, 0.2) is 17.1 Å². The molecule has 2 aromatic carbocycles. The number of carbonyl (C=O) groups is 1. The number of amides is 1. The first-order valence-corrected chi connectivity index (χ1v) is 10.8. The number of nitriles is 1. The Kier molecular flexibility index (Phi) is 7.67. The molecule has 1 N–H and O–H groups in total. The number of carbonyl (C=O) groups excluding carboxylic acids is 1. The van der Waals surface area contributed by atoms with Gasteiger partial charge in [-0.15, -0.1) is 0 Å². The number of nitrogens with one attached hydrogen (secondary N) is 1. The molecule has 0 atom stereocenters. The summed E-state index contributed by atoms with van der Waals surface area (Å²) in [5, 5.41) is 9.22. The van der Waals surface area contributed by atoms with Crippen molar-refractivity contribution in [2.75, 3.05) is 32.1 Å². The fraction of sp³-hybridized carbons (Fsp3) is 0.292. The molecule has 0 saturated carbocycles. The molecule has 1 fully saturated rings. The van der Waals surface area contributed by atoms with E-state index in [2.05, 4.69) is 4.98 Å². The third-order valence-corrected chi connectivity index (χ3v) is 5.58. The molecule has 2 heterocycles. The van der Waals surface area contributed by atoms with Gasteiger partial charge in [-0.2, -0.15) is 5.26 Å². The number of anilines is 1. The highest BCUT2D eigenvalue weighted by atomic mass is 35.5. The second kappa shape index (κ2) is 10.5. The van der Waals surface area contributed by atoms with E-state index in [0.29, 0.717) is 34.9 Å². The van der Waals surface area contributed by atoms with Crippen molar-refractivity contribution >= 4 is 34.6 Å². The summed E-state index contributed by atoms with van der Waals surface area (Å²) in [5.41, 5.74) is 0.410.